The van der Waals surface area contributed by atoms with Crippen LogP contribution >= 0.6 is 23.1 Å². The van der Waals surface area contributed by atoms with E-state index in [9.17, 15) is 22.8 Å². The summed E-state index contributed by atoms with van der Waals surface area (Å²) in [6.45, 7) is -0.266. The molecular weight excluding hydrogens is 549 g/mol. The van der Waals surface area contributed by atoms with E-state index in [0.29, 0.717) is 34.5 Å². The average Bonchev–Trinajstić information content (AvgIpc) is 3.61. The highest BCUT2D eigenvalue weighted by atomic mass is 32.2. The quantitative estimate of drug-likeness (QED) is 0.377. The molecule has 5 atom stereocenters. The zero-order valence-electron chi connectivity index (χ0n) is 21.3. The van der Waals surface area contributed by atoms with Crippen molar-refractivity contribution < 1.29 is 27.4 Å². The zero-order chi connectivity index (χ0) is 27.5. The number of fused-ring (bicyclic) bond motifs is 6. The molecule has 2 aliphatic carbocycles. The highest BCUT2D eigenvalue weighted by molar-refractivity contribution is 8.00. The van der Waals surface area contributed by atoms with Gasteiger partial charge in [0.15, 0.2) is 11.5 Å². The number of thiazole rings is 1. The van der Waals surface area contributed by atoms with Gasteiger partial charge in [-0.3, -0.25) is 14.2 Å². The number of carbonyl (C=O) groups excluding carboxylic acids is 1. The molecule has 2 aromatic carbocycles. The number of amides is 1. The fourth-order valence-electron chi connectivity index (χ4n) is 6.62. The normalized spacial score (nSPS) is 25.2. The molecule has 0 spiro atoms. The number of methoxy groups -OCH3 is 2. The van der Waals surface area contributed by atoms with Gasteiger partial charge >= 0.3 is 11.0 Å². The number of hydrogen-bond donors (Lipinski definition) is 1. The number of rotatable bonds is 6. The molecule has 2 bridgehead atoms. The molecule has 2 fully saturated rings. The smallest absolute Gasteiger partial charge is 0.416 e. The van der Waals surface area contributed by atoms with E-state index in [1.165, 1.54) is 29.5 Å². The first kappa shape index (κ1) is 26.3. The Bertz CT molecular complexity index is 1480. The second-order valence-corrected chi connectivity index (χ2v) is 12.5. The van der Waals surface area contributed by atoms with E-state index >= 15 is 0 Å². The third-order valence-corrected chi connectivity index (χ3v) is 11.1. The lowest BCUT2D eigenvalue weighted by atomic mass is 9.75. The van der Waals surface area contributed by atoms with Gasteiger partial charge in [-0.2, -0.15) is 13.2 Å². The van der Waals surface area contributed by atoms with Crippen LogP contribution < -0.4 is 19.7 Å². The van der Waals surface area contributed by atoms with Gasteiger partial charge < -0.3 is 14.8 Å². The van der Waals surface area contributed by atoms with Gasteiger partial charge in [-0.15, -0.1) is 11.8 Å². The lowest BCUT2D eigenvalue weighted by Gasteiger charge is -2.40. The van der Waals surface area contributed by atoms with Crippen LogP contribution in [0.1, 0.15) is 41.2 Å². The monoisotopic (exact) mass is 576 g/mol. The van der Waals surface area contributed by atoms with Crippen molar-refractivity contribution >= 4 is 34.7 Å². The number of nitrogens with one attached hydrogen (secondary N) is 1. The minimum atomic E-state index is -4.52. The highest BCUT2D eigenvalue weighted by Gasteiger charge is 2.55. The SMILES string of the molecule is COc1ccc([C@@H]2c3sc(=O)n(CC(=O)Nc4cccc(C(F)(F)F)c4)c3SC3C4CCC(C4)C32)cc1OC. The highest BCUT2D eigenvalue weighted by Crippen LogP contribution is 2.64. The summed E-state index contributed by atoms with van der Waals surface area (Å²) in [4.78, 5) is 26.9. The molecule has 6 rings (SSSR count). The second kappa shape index (κ2) is 9.92. The minimum absolute atomic E-state index is 0.00756. The number of benzene rings is 2. The van der Waals surface area contributed by atoms with Crippen molar-refractivity contribution in [1.29, 1.82) is 0 Å². The Morgan fingerprint density at radius 2 is 1.85 bits per heavy atom. The summed E-state index contributed by atoms with van der Waals surface area (Å²) >= 11 is 2.86. The number of nitrogens with zero attached hydrogens (tertiary/aromatic N) is 1. The maximum atomic E-state index is 13.3. The van der Waals surface area contributed by atoms with Crippen LogP contribution in [0.4, 0.5) is 18.9 Å². The average molecular weight is 577 g/mol. The van der Waals surface area contributed by atoms with Gasteiger partial charge in [0, 0.05) is 21.7 Å². The van der Waals surface area contributed by atoms with Gasteiger partial charge in [0.05, 0.1) is 24.8 Å². The summed E-state index contributed by atoms with van der Waals surface area (Å²) in [6.07, 6.45) is -1.00. The molecule has 206 valence electrons. The van der Waals surface area contributed by atoms with Gasteiger partial charge in [0.25, 0.3) is 0 Å². The van der Waals surface area contributed by atoms with Crippen molar-refractivity contribution in [2.75, 3.05) is 19.5 Å². The fraction of sp³-hybridized carbons (Fsp3) is 0.429. The molecule has 0 radical (unpaired) electrons. The molecule has 2 heterocycles. The molecule has 4 unspecified atom stereocenters. The van der Waals surface area contributed by atoms with Crippen molar-refractivity contribution in [3.05, 3.63) is 68.1 Å². The minimum Gasteiger partial charge on any atom is -0.493 e. The summed E-state index contributed by atoms with van der Waals surface area (Å²) < 4.78 is 51.9. The van der Waals surface area contributed by atoms with Gasteiger partial charge in [-0.25, -0.2) is 0 Å². The third-order valence-electron chi connectivity index (χ3n) is 8.23. The molecule has 3 aromatic rings. The van der Waals surface area contributed by atoms with E-state index < -0.39 is 17.6 Å². The molecule has 2 saturated carbocycles. The lowest BCUT2D eigenvalue weighted by molar-refractivity contribution is -0.137. The maximum Gasteiger partial charge on any atom is 0.416 e. The second-order valence-electron chi connectivity index (χ2n) is 10.3. The van der Waals surface area contributed by atoms with Crippen molar-refractivity contribution in [3.8, 4) is 11.5 Å². The van der Waals surface area contributed by atoms with Crippen LogP contribution in [0, 0.1) is 17.8 Å². The Hall–Kier alpha value is -2.92. The first-order valence-electron chi connectivity index (χ1n) is 12.8. The van der Waals surface area contributed by atoms with Crippen molar-refractivity contribution in [3.63, 3.8) is 0 Å². The largest absolute Gasteiger partial charge is 0.493 e. The number of anilines is 1. The van der Waals surface area contributed by atoms with Gasteiger partial charge in [-0.1, -0.05) is 23.5 Å². The van der Waals surface area contributed by atoms with E-state index in [0.717, 1.165) is 45.4 Å². The van der Waals surface area contributed by atoms with Gasteiger partial charge in [-0.05, 0) is 72.9 Å². The Kier molecular flexibility index (Phi) is 6.69. The van der Waals surface area contributed by atoms with Crippen LogP contribution in [-0.4, -0.2) is 29.9 Å². The lowest BCUT2D eigenvalue weighted by Crippen LogP contribution is -2.34. The molecule has 1 N–H and O–H groups in total. The molecule has 1 aliphatic heterocycles. The number of aromatic nitrogens is 1. The van der Waals surface area contributed by atoms with Crippen LogP contribution in [0.25, 0.3) is 0 Å². The molecule has 1 aromatic heterocycles. The molecule has 1 amide bonds. The molecular formula is C28H27F3N2O4S2. The first-order chi connectivity index (χ1) is 18.7. The summed E-state index contributed by atoms with van der Waals surface area (Å²) in [5, 5.41) is 3.66. The van der Waals surface area contributed by atoms with Crippen molar-refractivity contribution in [2.24, 2.45) is 17.8 Å². The Morgan fingerprint density at radius 1 is 1.08 bits per heavy atom. The van der Waals surface area contributed by atoms with E-state index in [-0.39, 0.29) is 23.0 Å². The van der Waals surface area contributed by atoms with Gasteiger partial charge in [0.1, 0.15) is 6.54 Å². The number of alkyl halides is 3. The summed E-state index contributed by atoms with van der Waals surface area (Å²) in [6, 6.07) is 10.4. The predicted octanol–water partition coefficient (Wildman–Crippen LogP) is 6.24. The molecule has 39 heavy (non-hydrogen) atoms. The molecule has 3 aliphatic rings. The summed E-state index contributed by atoms with van der Waals surface area (Å²) in [5.74, 6) is 2.22. The number of halogens is 3. The summed E-state index contributed by atoms with van der Waals surface area (Å²) in [5.41, 5.74) is 0.246. The van der Waals surface area contributed by atoms with Crippen molar-refractivity contribution in [1.82, 2.24) is 4.57 Å². The number of thioether (sulfide) groups is 1. The zero-order valence-corrected chi connectivity index (χ0v) is 22.9. The number of ether oxygens (including phenoxy) is 2. The van der Waals surface area contributed by atoms with Crippen LogP contribution in [0.3, 0.4) is 0 Å². The van der Waals surface area contributed by atoms with E-state index in [4.69, 9.17) is 9.47 Å². The maximum absolute atomic E-state index is 13.3. The standard InChI is InChI=1S/C28H27F3N2O4S2/c1-36-19-9-8-15(11-20(19)37-2)23-22-14-6-7-16(10-14)24(22)38-26-25(23)39-27(35)33(26)13-21(34)32-18-5-3-4-17(12-18)28(29,30)31/h3-5,8-9,11-12,14,16,22-24H,6-7,10,13H2,1-2H3,(H,32,34)/t14?,16?,22?,23-,24?/m0/s1. The van der Waals surface area contributed by atoms with Crippen LogP contribution in [-0.2, 0) is 17.5 Å². The first-order valence-corrected chi connectivity index (χ1v) is 14.5. The van der Waals surface area contributed by atoms with E-state index in [1.807, 2.05) is 18.2 Å². The molecule has 0 saturated heterocycles. The summed E-state index contributed by atoms with van der Waals surface area (Å²) in [7, 11) is 3.19. The Morgan fingerprint density at radius 3 is 2.59 bits per heavy atom. The Labute approximate surface area is 231 Å². The Balaban J connectivity index is 1.35. The third kappa shape index (κ3) is 4.63. The fourth-order valence-corrected chi connectivity index (χ4v) is 9.77. The van der Waals surface area contributed by atoms with E-state index in [1.54, 1.807) is 26.0 Å². The van der Waals surface area contributed by atoms with Crippen molar-refractivity contribution in [2.45, 2.75) is 48.2 Å². The van der Waals surface area contributed by atoms with E-state index in [2.05, 4.69) is 5.32 Å². The van der Waals surface area contributed by atoms with Gasteiger partial charge in [0.2, 0.25) is 5.91 Å². The van der Waals surface area contributed by atoms with Crippen LogP contribution in [0.5, 0.6) is 11.5 Å². The molecule has 11 heteroatoms. The topological polar surface area (TPSA) is 69.6 Å². The van der Waals surface area contributed by atoms with Crippen LogP contribution in [0.2, 0.25) is 0 Å². The number of carbonyl (C=O) groups is 1. The predicted molar refractivity (Wildman–Crippen MR) is 144 cm³/mol. The van der Waals surface area contributed by atoms with Crippen LogP contribution in [0.15, 0.2) is 52.3 Å². The molecule has 6 nitrogen and oxygen atoms in total. The number of hydrogen-bond acceptors (Lipinski definition) is 6.